The Balaban J connectivity index is 1.56. The molecule has 8 heteroatoms. The van der Waals surface area contributed by atoms with E-state index in [-0.39, 0.29) is 42.5 Å². The fourth-order valence-corrected chi connectivity index (χ4v) is 4.88. The number of hydrogen-bond donors (Lipinski definition) is 2. The van der Waals surface area contributed by atoms with Crippen LogP contribution in [0.15, 0.2) is 24.3 Å². The second-order valence-electron chi connectivity index (χ2n) is 8.79. The van der Waals surface area contributed by atoms with E-state index in [9.17, 15) is 18.7 Å². The molecule has 1 saturated carbocycles. The van der Waals surface area contributed by atoms with Crippen LogP contribution in [0.1, 0.15) is 49.4 Å². The number of halogens is 3. The number of fused-ring (bicyclic) bond motifs is 1. The Hall–Kier alpha value is -1.99. The van der Waals surface area contributed by atoms with Crippen LogP contribution in [-0.2, 0) is 0 Å². The number of carbonyl (C=O) groups is 1. The average Bonchev–Trinajstić information content (AvgIpc) is 3.05. The molecular formula is C22H26ClF2N3O2. The van der Waals surface area contributed by atoms with Gasteiger partial charge in [0, 0.05) is 24.9 Å². The lowest BCUT2D eigenvalue weighted by Gasteiger charge is -2.35. The van der Waals surface area contributed by atoms with Gasteiger partial charge >= 0.3 is 0 Å². The molecule has 2 fully saturated rings. The van der Waals surface area contributed by atoms with Crippen molar-refractivity contribution < 1.29 is 18.7 Å². The molecule has 1 amide bonds. The molecular weight excluding hydrogens is 412 g/mol. The predicted molar refractivity (Wildman–Crippen MR) is 113 cm³/mol. The molecule has 2 unspecified atom stereocenters. The van der Waals surface area contributed by atoms with E-state index in [2.05, 4.69) is 17.2 Å². The minimum atomic E-state index is -2.71. The van der Waals surface area contributed by atoms with E-state index in [1.165, 1.54) is 0 Å². The molecule has 0 spiro atoms. The van der Waals surface area contributed by atoms with Crippen LogP contribution in [-0.4, -0.2) is 47.2 Å². The molecule has 2 heterocycles. The van der Waals surface area contributed by atoms with Crippen molar-refractivity contribution in [2.75, 3.05) is 24.5 Å². The van der Waals surface area contributed by atoms with E-state index in [4.69, 9.17) is 11.6 Å². The zero-order valence-electron chi connectivity index (χ0n) is 16.9. The summed E-state index contributed by atoms with van der Waals surface area (Å²) in [5, 5.41) is 14.5. The van der Waals surface area contributed by atoms with Gasteiger partial charge in [-0.2, -0.15) is 0 Å². The van der Waals surface area contributed by atoms with Crippen molar-refractivity contribution in [1.82, 2.24) is 10.3 Å². The minimum Gasteiger partial charge on any atom is -0.388 e. The maximum absolute atomic E-state index is 13.6. The number of carbonyl (C=O) groups excluding carboxylic acids is 1. The van der Waals surface area contributed by atoms with Crippen LogP contribution >= 0.6 is 11.6 Å². The van der Waals surface area contributed by atoms with Crippen molar-refractivity contribution in [1.29, 1.82) is 0 Å². The first-order valence-corrected chi connectivity index (χ1v) is 10.8. The monoisotopic (exact) mass is 437 g/mol. The van der Waals surface area contributed by atoms with E-state index in [1.807, 2.05) is 0 Å². The van der Waals surface area contributed by atoms with Crippen molar-refractivity contribution in [2.45, 2.75) is 50.6 Å². The number of amides is 1. The highest BCUT2D eigenvalue weighted by Gasteiger charge is 2.39. The number of anilines is 1. The Morgan fingerprint density at radius 1 is 1.33 bits per heavy atom. The fraction of sp³-hybridized carbons (Fsp3) is 0.545. The minimum absolute atomic E-state index is 0.164. The first-order valence-electron chi connectivity index (χ1n) is 10.4. The van der Waals surface area contributed by atoms with Crippen LogP contribution in [0.25, 0.3) is 10.9 Å². The number of rotatable bonds is 4. The highest BCUT2D eigenvalue weighted by Crippen LogP contribution is 2.34. The molecule has 4 rings (SSSR count). The van der Waals surface area contributed by atoms with Gasteiger partial charge in [0.2, 0.25) is 0 Å². The molecule has 1 aromatic heterocycles. The first-order chi connectivity index (χ1) is 14.2. The molecule has 2 atom stereocenters. The van der Waals surface area contributed by atoms with Gasteiger partial charge in [-0.1, -0.05) is 31.4 Å². The number of aliphatic hydroxyl groups is 1. The van der Waals surface area contributed by atoms with Crippen LogP contribution in [0.5, 0.6) is 0 Å². The highest BCUT2D eigenvalue weighted by atomic mass is 35.5. The topological polar surface area (TPSA) is 65.5 Å². The smallest absolute Gasteiger partial charge is 0.266 e. The van der Waals surface area contributed by atoms with Gasteiger partial charge in [0.15, 0.2) is 0 Å². The van der Waals surface area contributed by atoms with Crippen LogP contribution < -0.4 is 10.2 Å². The molecule has 1 aliphatic carbocycles. The van der Waals surface area contributed by atoms with E-state index >= 15 is 0 Å². The number of alkyl halides is 2. The summed E-state index contributed by atoms with van der Waals surface area (Å²) in [6.45, 7) is 2.15. The molecule has 1 aliphatic heterocycles. The zero-order chi connectivity index (χ0) is 21.5. The van der Waals surface area contributed by atoms with Gasteiger partial charge in [-0.15, -0.1) is 0 Å². The largest absolute Gasteiger partial charge is 0.388 e. The molecule has 30 heavy (non-hydrogen) atoms. The third-order valence-electron chi connectivity index (χ3n) is 6.17. The van der Waals surface area contributed by atoms with Crippen LogP contribution in [0.3, 0.4) is 0 Å². The lowest BCUT2D eigenvalue weighted by atomic mass is 9.79. The van der Waals surface area contributed by atoms with Crippen molar-refractivity contribution in [2.24, 2.45) is 5.92 Å². The summed E-state index contributed by atoms with van der Waals surface area (Å²) in [6, 6.07) is 6.62. The van der Waals surface area contributed by atoms with E-state index in [0.717, 1.165) is 12.8 Å². The van der Waals surface area contributed by atoms with Gasteiger partial charge < -0.3 is 15.3 Å². The Bertz CT molecular complexity index is 971. The summed E-state index contributed by atoms with van der Waals surface area (Å²) in [5.74, 6) is -2.21. The van der Waals surface area contributed by atoms with Gasteiger partial charge in [0.05, 0.1) is 28.2 Å². The number of benzene rings is 1. The third-order valence-corrected chi connectivity index (χ3v) is 6.49. The van der Waals surface area contributed by atoms with Crippen LogP contribution in [0.4, 0.5) is 14.6 Å². The van der Waals surface area contributed by atoms with E-state index in [1.54, 1.807) is 29.2 Å². The second-order valence-corrected chi connectivity index (χ2v) is 9.20. The number of aromatic nitrogens is 1. The Kier molecular flexibility index (Phi) is 5.62. The number of hydrogen-bond acceptors (Lipinski definition) is 4. The van der Waals surface area contributed by atoms with Gasteiger partial charge in [-0.3, -0.25) is 4.79 Å². The predicted octanol–water partition coefficient (Wildman–Crippen LogP) is 4.40. The Labute approximate surface area is 179 Å². The summed E-state index contributed by atoms with van der Waals surface area (Å²) in [4.78, 5) is 19.0. The summed E-state index contributed by atoms with van der Waals surface area (Å²) in [6.07, 6.45) is 3.14. The SMILES string of the molecule is CC1CCCC(O)(CNC(=O)c2c(Cl)ccc3nc(N4CCC(F)(F)C4)ccc23)C1. The van der Waals surface area contributed by atoms with Gasteiger partial charge in [0.25, 0.3) is 11.8 Å². The number of pyridine rings is 1. The van der Waals surface area contributed by atoms with Crippen molar-refractivity contribution in [3.63, 3.8) is 0 Å². The van der Waals surface area contributed by atoms with Crippen molar-refractivity contribution >= 4 is 34.2 Å². The molecule has 0 bridgehead atoms. The maximum atomic E-state index is 13.6. The summed E-state index contributed by atoms with van der Waals surface area (Å²) >= 11 is 6.32. The van der Waals surface area contributed by atoms with Crippen molar-refractivity contribution in [3.05, 3.63) is 34.9 Å². The molecule has 1 saturated heterocycles. The quantitative estimate of drug-likeness (QED) is 0.743. The van der Waals surface area contributed by atoms with Gasteiger partial charge in [-0.25, -0.2) is 13.8 Å². The van der Waals surface area contributed by atoms with Gasteiger partial charge in [-0.05, 0) is 43.0 Å². The zero-order valence-corrected chi connectivity index (χ0v) is 17.7. The highest BCUT2D eigenvalue weighted by molar-refractivity contribution is 6.35. The summed E-state index contributed by atoms with van der Waals surface area (Å²) in [5.41, 5.74) is -0.105. The molecule has 1 aromatic carbocycles. The lowest BCUT2D eigenvalue weighted by Crippen LogP contribution is -2.45. The van der Waals surface area contributed by atoms with Crippen LogP contribution in [0.2, 0.25) is 5.02 Å². The van der Waals surface area contributed by atoms with Crippen LogP contribution in [0, 0.1) is 5.92 Å². The molecule has 2 aromatic rings. The summed E-state index contributed by atoms with van der Waals surface area (Å²) < 4.78 is 27.1. The van der Waals surface area contributed by atoms with Gasteiger partial charge in [0.1, 0.15) is 5.82 Å². The molecule has 2 aliphatic rings. The third kappa shape index (κ3) is 4.37. The van der Waals surface area contributed by atoms with Crippen molar-refractivity contribution in [3.8, 4) is 0 Å². The molecule has 0 radical (unpaired) electrons. The normalized spacial score (nSPS) is 26.2. The first kappa shape index (κ1) is 21.2. The van der Waals surface area contributed by atoms with E-state index in [0.29, 0.717) is 35.5 Å². The molecule has 162 valence electrons. The van der Waals surface area contributed by atoms with E-state index < -0.39 is 11.5 Å². The second kappa shape index (κ2) is 7.93. The summed E-state index contributed by atoms with van der Waals surface area (Å²) in [7, 11) is 0. The number of nitrogens with one attached hydrogen (secondary N) is 1. The molecule has 5 nitrogen and oxygen atoms in total. The Morgan fingerprint density at radius 3 is 2.83 bits per heavy atom. The average molecular weight is 438 g/mol. The lowest BCUT2D eigenvalue weighted by molar-refractivity contribution is -0.0109. The maximum Gasteiger partial charge on any atom is 0.266 e. The Morgan fingerprint density at radius 2 is 2.13 bits per heavy atom. The standard InChI is InChI=1S/C22H26ClF2N3O2/c1-14-3-2-8-21(30,11-14)12-26-20(29)19-15-4-7-18(27-17(15)6-5-16(19)23)28-10-9-22(24,25)13-28/h4-7,14,30H,2-3,8-13H2,1H3,(H,26,29). The molecule has 2 N–H and O–H groups in total. The number of nitrogens with zero attached hydrogens (tertiary/aromatic N) is 2. The fourth-order valence-electron chi connectivity index (χ4n) is 4.63.